The molecule has 156 valence electrons. The largest absolute Gasteiger partial charge is 0.465 e. The minimum atomic E-state index is -0.438. The molecule has 1 aliphatic heterocycles. The van der Waals surface area contributed by atoms with Crippen molar-refractivity contribution < 1.29 is 14.3 Å². The molecule has 0 bridgehead atoms. The van der Waals surface area contributed by atoms with E-state index in [2.05, 4.69) is 15.1 Å². The molecule has 0 aliphatic carbocycles. The molecule has 0 radical (unpaired) electrons. The summed E-state index contributed by atoms with van der Waals surface area (Å²) in [6.45, 7) is 5.36. The number of hydrogen-bond acceptors (Lipinski definition) is 6. The molecule has 1 aliphatic rings. The summed E-state index contributed by atoms with van der Waals surface area (Å²) in [5.41, 5.74) is 1.43. The number of anilines is 2. The highest BCUT2D eigenvalue weighted by Gasteiger charge is 2.22. The summed E-state index contributed by atoms with van der Waals surface area (Å²) in [5, 5.41) is 4.50. The highest BCUT2D eigenvalue weighted by molar-refractivity contribution is 7.16. The fourth-order valence-electron chi connectivity index (χ4n) is 3.19. The summed E-state index contributed by atoms with van der Waals surface area (Å²) in [6.07, 6.45) is 0.793. The Morgan fingerprint density at radius 1 is 1.14 bits per heavy atom. The van der Waals surface area contributed by atoms with Crippen LogP contribution in [0.1, 0.15) is 22.2 Å². The van der Waals surface area contributed by atoms with Gasteiger partial charge in [0.1, 0.15) is 5.00 Å². The number of carbonyl (C=O) groups is 2. The number of esters is 1. The number of halogens is 2. The minimum absolute atomic E-state index is 0.136. The number of nitrogens with zero attached hydrogens (tertiary/aromatic N) is 2. The number of amides is 1. The van der Waals surface area contributed by atoms with Crippen molar-refractivity contribution in [2.45, 2.75) is 13.3 Å². The molecule has 1 saturated heterocycles. The smallest absolute Gasteiger partial charge is 0.340 e. The van der Waals surface area contributed by atoms with Crippen molar-refractivity contribution in [1.82, 2.24) is 4.90 Å². The van der Waals surface area contributed by atoms with Crippen LogP contribution in [0, 0.1) is 0 Å². The van der Waals surface area contributed by atoms with Crippen LogP contribution in [0.3, 0.4) is 0 Å². The van der Waals surface area contributed by atoms with E-state index in [-0.39, 0.29) is 12.5 Å². The fraction of sp³-hybridized carbons (Fsp3) is 0.400. The number of ether oxygens (including phenoxy) is 1. The van der Waals surface area contributed by atoms with Gasteiger partial charge in [-0.1, -0.05) is 30.1 Å². The van der Waals surface area contributed by atoms with E-state index >= 15 is 0 Å². The van der Waals surface area contributed by atoms with E-state index in [1.54, 1.807) is 12.1 Å². The van der Waals surface area contributed by atoms with Crippen LogP contribution in [0.4, 0.5) is 10.7 Å². The lowest BCUT2D eigenvalue weighted by atomic mass is 10.2. The number of piperazine rings is 1. The minimum Gasteiger partial charge on any atom is -0.465 e. The zero-order valence-electron chi connectivity index (χ0n) is 16.3. The van der Waals surface area contributed by atoms with E-state index in [0.717, 1.165) is 43.2 Å². The van der Waals surface area contributed by atoms with Crippen molar-refractivity contribution in [3.8, 4) is 0 Å². The van der Waals surface area contributed by atoms with E-state index in [0.29, 0.717) is 20.6 Å². The van der Waals surface area contributed by atoms with Crippen molar-refractivity contribution in [2.75, 3.05) is 50.1 Å². The topological polar surface area (TPSA) is 61.9 Å². The van der Waals surface area contributed by atoms with Crippen molar-refractivity contribution >= 4 is 57.1 Å². The van der Waals surface area contributed by atoms with Gasteiger partial charge in [-0.15, -0.1) is 11.3 Å². The van der Waals surface area contributed by atoms with Crippen molar-refractivity contribution in [3.63, 3.8) is 0 Å². The third-order valence-corrected chi connectivity index (χ3v) is 6.73. The average molecular weight is 456 g/mol. The van der Waals surface area contributed by atoms with Crippen LogP contribution in [-0.2, 0) is 16.0 Å². The van der Waals surface area contributed by atoms with Crippen LogP contribution >= 0.6 is 34.5 Å². The molecule has 1 N–H and O–H groups in total. The molecule has 2 aromatic rings. The third-order valence-electron chi connectivity index (χ3n) is 4.80. The van der Waals surface area contributed by atoms with Gasteiger partial charge < -0.3 is 15.0 Å². The van der Waals surface area contributed by atoms with Gasteiger partial charge in [0, 0.05) is 36.7 Å². The first-order valence-electron chi connectivity index (χ1n) is 9.34. The number of methoxy groups -OCH3 is 1. The Bertz CT molecular complexity index is 895. The van der Waals surface area contributed by atoms with E-state index < -0.39 is 5.97 Å². The molecule has 6 nitrogen and oxygen atoms in total. The first-order chi connectivity index (χ1) is 13.9. The second-order valence-electron chi connectivity index (χ2n) is 6.71. The Morgan fingerprint density at radius 3 is 2.48 bits per heavy atom. The molecule has 3 rings (SSSR count). The maximum Gasteiger partial charge on any atom is 0.340 e. The second kappa shape index (κ2) is 9.80. The molecule has 2 heterocycles. The summed E-state index contributed by atoms with van der Waals surface area (Å²) in [7, 11) is 1.34. The number of rotatable bonds is 6. The molecule has 1 aromatic carbocycles. The SMILES string of the molecule is CCc1cc(C(=O)OC)c(NC(=O)CN2CCN(c3ccc(Cl)c(Cl)c3)CC2)s1. The number of benzene rings is 1. The fourth-order valence-corrected chi connectivity index (χ4v) is 4.48. The van der Waals surface area contributed by atoms with Crippen molar-refractivity contribution in [3.05, 3.63) is 44.8 Å². The molecule has 1 amide bonds. The lowest BCUT2D eigenvalue weighted by Gasteiger charge is -2.35. The molecule has 0 unspecified atom stereocenters. The zero-order chi connectivity index (χ0) is 21.0. The lowest BCUT2D eigenvalue weighted by molar-refractivity contribution is -0.117. The van der Waals surface area contributed by atoms with Gasteiger partial charge in [0.2, 0.25) is 5.91 Å². The van der Waals surface area contributed by atoms with Crippen LogP contribution in [0.5, 0.6) is 0 Å². The summed E-state index contributed by atoms with van der Waals surface area (Å²) in [6, 6.07) is 7.39. The molecular formula is C20H23Cl2N3O3S. The molecular weight excluding hydrogens is 433 g/mol. The van der Waals surface area contributed by atoms with Crippen LogP contribution < -0.4 is 10.2 Å². The average Bonchev–Trinajstić information content (AvgIpc) is 3.12. The predicted octanol–water partition coefficient (Wildman–Crippen LogP) is 4.16. The van der Waals surface area contributed by atoms with Crippen molar-refractivity contribution in [1.29, 1.82) is 0 Å². The Morgan fingerprint density at radius 2 is 1.86 bits per heavy atom. The molecule has 1 fully saturated rings. The number of aryl methyl sites for hydroxylation is 1. The highest BCUT2D eigenvalue weighted by atomic mass is 35.5. The van der Waals surface area contributed by atoms with Crippen LogP contribution in [0.2, 0.25) is 10.0 Å². The standard InChI is InChI=1S/C20H23Cl2N3O3S/c1-3-14-11-15(20(27)28-2)19(29-14)23-18(26)12-24-6-8-25(9-7-24)13-4-5-16(21)17(22)10-13/h4-5,10-11H,3,6-9,12H2,1-2H3,(H,23,26). The molecule has 9 heteroatoms. The number of nitrogens with one attached hydrogen (secondary N) is 1. The molecule has 0 saturated carbocycles. The van der Waals surface area contributed by atoms with Crippen LogP contribution in [0.15, 0.2) is 24.3 Å². The zero-order valence-corrected chi connectivity index (χ0v) is 18.7. The lowest BCUT2D eigenvalue weighted by Crippen LogP contribution is -2.48. The summed E-state index contributed by atoms with van der Waals surface area (Å²) >= 11 is 13.5. The van der Waals surface area contributed by atoms with Crippen LogP contribution in [0.25, 0.3) is 0 Å². The van der Waals surface area contributed by atoms with E-state index in [4.69, 9.17) is 27.9 Å². The van der Waals surface area contributed by atoms with E-state index in [9.17, 15) is 9.59 Å². The quantitative estimate of drug-likeness (QED) is 0.662. The van der Waals surface area contributed by atoms with Gasteiger partial charge in [-0.2, -0.15) is 0 Å². The normalized spacial score (nSPS) is 14.7. The van der Waals surface area contributed by atoms with E-state index in [1.165, 1.54) is 18.4 Å². The summed E-state index contributed by atoms with van der Waals surface area (Å²) in [5.74, 6) is -0.575. The Balaban J connectivity index is 1.55. The summed E-state index contributed by atoms with van der Waals surface area (Å²) in [4.78, 5) is 29.8. The van der Waals surface area contributed by atoms with Gasteiger partial charge in [-0.05, 0) is 30.7 Å². The number of hydrogen-bond donors (Lipinski definition) is 1. The van der Waals surface area contributed by atoms with Crippen molar-refractivity contribution in [2.24, 2.45) is 0 Å². The Labute approximate surface area is 184 Å². The highest BCUT2D eigenvalue weighted by Crippen LogP contribution is 2.30. The molecule has 0 spiro atoms. The molecule has 29 heavy (non-hydrogen) atoms. The van der Waals surface area contributed by atoms with Gasteiger partial charge in [0.05, 0.1) is 29.3 Å². The monoisotopic (exact) mass is 455 g/mol. The van der Waals surface area contributed by atoms with Gasteiger partial charge >= 0.3 is 5.97 Å². The molecule has 0 atom stereocenters. The summed E-state index contributed by atoms with van der Waals surface area (Å²) < 4.78 is 4.82. The first-order valence-corrected chi connectivity index (χ1v) is 10.9. The van der Waals surface area contributed by atoms with E-state index in [1.807, 2.05) is 19.1 Å². The maximum absolute atomic E-state index is 12.5. The predicted molar refractivity (Wildman–Crippen MR) is 119 cm³/mol. The van der Waals surface area contributed by atoms with Crippen LogP contribution in [-0.4, -0.2) is 56.6 Å². The first kappa shape index (κ1) is 21.9. The van der Waals surface area contributed by atoms with Gasteiger partial charge in [-0.25, -0.2) is 4.79 Å². The third kappa shape index (κ3) is 5.42. The number of carbonyl (C=O) groups excluding carboxylic acids is 2. The Kier molecular flexibility index (Phi) is 7.40. The van der Waals surface area contributed by atoms with Gasteiger partial charge in [0.25, 0.3) is 0 Å². The second-order valence-corrected chi connectivity index (χ2v) is 8.66. The van der Waals surface area contributed by atoms with Gasteiger partial charge in [-0.3, -0.25) is 9.69 Å². The molecule has 1 aromatic heterocycles. The number of thiophene rings is 1. The Hall–Kier alpha value is -1.80. The van der Waals surface area contributed by atoms with Gasteiger partial charge in [0.15, 0.2) is 0 Å². The maximum atomic E-state index is 12.5.